The summed E-state index contributed by atoms with van der Waals surface area (Å²) in [6, 6.07) is 10.7. The van der Waals surface area contributed by atoms with Crippen molar-refractivity contribution in [2.75, 3.05) is 46.3 Å². The number of likely N-dealkylation sites (N-methyl/N-ethyl adjacent to an activating group) is 1. The quantitative estimate of drug-likeness (QED) is 0.783. The zero-order valence-corrected chi connectivity index (χ0v) is 11.9. The highest BCUT2D eigenvalue weighted by atomic mass is 15.3. The Morgan fingerprint density at radius 1 is 1.11 bits per heavy atom. The second-order valence-electron chi connectivity index (χ2n) is 5.32. The lowest BCUT2D eigenvalue weighted by Gasteiger charge is -2.35. The highest BCUT2D eigenvalue weighted by molar-refractivity contribution is 5.14. The Bertz CT molecular complexity index is 380. The molecule has 19 heavy (non-hydrogen) atoms. The number of piperazine rings is 1. The molecule has 0 aliphatic carbocycles. The van der Waals surface area contributed by atoms with Crippen LogP contribution in [0.15, 0.2) is 42.5 Å². The summed E-state index contributed by atoms with van der Waals surface area (Å²) in [5, 5.41) is 3.16. The van der Waals surface area contributed by atoms with Crippen LogP contribution < -0.4 is 5.32 Å². The van der Waals surface area contributed by atoms with Gasteiger partial charge in [-0.05, 0) is 18.2 Å². The van der Waals surface area contributed by atoms with Crippen molar-refractivity contribution >= 4 is 0 Å². The van der Waals surface area contributed by atoms with Gasteiger partial charge in [-0.1, -0.05) is 36.9 Å². The third-order valence-electron chi connectivity index (χ3n) is 3.59. The maximum absolute atomic E-state index is 4.11. The monoisotopic (exact) mass is 259 g/mol. The lowest BCUT2D eigenvalue weighted by Crippen LogP contribution is -2.46. The minimum Gasteiger partial charge on any atom is -0.316 e. The maximum atomic E-state index is 4.11. The van der Waals surface area contributed by atoms with Gasteiger partial charge in [0.25, 0.3) is 0 Å². The number of benzene rings is 1. The van der Waals surface area contributed by atoms with Crippen LogP contribution in [0.3, 0.4) is 0 Å². The molecule has 0 amide bonds. The molecule has 0 radical (unpaired) electrons. The van der Waals surface area contributed by atoms with Gasteiger partial charge in [-0.15, -0.1) is 0 Å². The fraction of sp³-hybridized carbons (Fsp3) is 0.500. The summed E-state index contributed by atoms with van der Waals surface area (Å²) in [4.78, 5) is 5.04. The highest BCUT2D eigenvalue weighted by Crippen LogP contribution is 2.09. The van der Waals surface area contributed by atoms with E-state index < -0.39 is 0 Å². The van der Waals surface area contributed by atoms with Gasteiger partial charge in [-0.2, -0.15) is 0 Å². The van der Waals surface area contributed by atoms with E-state index in [2.05, 4.69) is 52.0 Å². The Morgan fingerprint density at radius 3 is 2.37 bits per heavy atom. The van der Waals surface area contributed by atoms with Crippen molar-refractivity contribution in [3.05, 3.63) is 48.0 Å². The molecule has 1 fully saturated rings. The predicted molar refractivity (Wildman–Crippen MR) is 81.2 cm³/mol. The molecule has 0 atom stereocenters. The molecule has 1 aromatic carbocycles. The van der Waals surface area contributed by atoms with E-state index in [9.17, 15) is 0 Å². The van der Waals surface area contributed by atoms with Gasteiger partial charge in [0, 0.05) is 45.8 Å². The van der Waals surface area contributed by atoms with Crippen molar-refractivity contribution in [1.82, 2.24) is 15.1 Å². The van der Waals surface area contributed by atoms with Crippen LogP contribution in [0.25, 0.3) is 0 Å². The van der Waals surface area contributed by atoms with Gasteiger partial charge < -0.3 is 5.32 Å². The van der Waals surface area contributed by atoms with Gasteiger partial charge in [-0.25, -0.2) is 0 Å². The van der Waals surface area contributed by atoms with Crippen molar-refractivity contribution in [3.8, 4) is 0 Å². The van der Waals surface area contributed by atoms with Crippen LogP contribution in [0.5, 0.6) is 0 Å². The molecule has 0 bridgehead atoms. The Hall–Kier alpha value is -1.16. The zero-order valence-electron chi connectivity index (χ0n) is 11.9. The molecule has 1 N–H and O–H groups in total. The Labute approximate surface area is 116 Å². The number of rotatable bonds is 6. The molecular weight excluding hydrogens is 234 g/mol. The average Bonchev–Trinajstić information content (AvgIpc) is 2.42. The molecule has 1 aromatic rings. The Balaban J connectivity index is 1.72. The van der Waals surface area contributed by atoms with Crippen molar-refractivity contribution in [2.24, 2.45) is 0 Å². The predicted octanol–water partition coefficient (Wildman–Crippen LogP) is 1.58. The number of nitrogens with one attached hydrogen (secondary N) is 1. The summed E-state index contributed by atoms with van der Waals surface area (Å²) in [6.45, 7) is 11.7. The van der Waals surface area contributed by atoms with E-state index >= 15 is 0 Å². The molecule has 1 aliphatic heterocycles. The second-order valence-corrected chi connectivity index (χ2v) is 5.32. The highest BCUT2D eigenvalue weighted by Gasteiger charge is 2.16. The first kappa shape index (κ1) is 14.3. The number of hydrogen-bond acceptors (Lipinski definition) is 3. The van der Waals surface area contributed by atoms with Crippen LogP contribution in [0.4, 0.5) is 0 Å². The second kappa shape index (κ2) is 7.43. The van der Waals surface area contributed by atoms with Gasteiger partial charge >= 0.3 is 0 Å². The number of hydrogen-bond donors (Lipinski definition) is 1. The molecule has 104 valence electrons. The Morgan fingerprint density at radius 2 is 1.74 bits per heavy atom. The normalized spacial score (nSPS) is 17.5. The van der Waals surface area contributed by atoms with E-state index in [1.165, 1.54) is 11.1 Å². The lowest BCUT2D eigenvalue weighted by atomic mass is 10.2. The summed E-state index contributed by atoms with van der Waals surface area (Å²) >= 11 is 0. The van der Waals surface area contributed by atoms with Crippen molar-refractivity contribution in [3.63, 3.8) is 0 Å². The largest absolute Gasteiger partial charge is 0.316 e. The Kier molecular flexibility index (Phi) is 5.58. The average molecular weight is 259 g/mol. The molecular formula is C16H25N3. The van der Waals surface area contributed by atoms with E-state index in [0.29, 0.717) is 0 Å². The van der Waals surface area contributed by atoms with Gasteiger partial charge in [0.05, 0.1) is 0 Å². The SMILES string of the molecule is C=C(CNC)CN1CCN(Cc2ccccc2)CC1. The van der Waals surface area contributed by atoms with E-state index in [4.69, 9.17) is 0 Å². The molecule has 0 aromatic heterocycles. The minimum absolute atomic E-state index is 0.921. The first-order chi connectivity index (χ1) is 9.28. The van der Waals surface area contributed by atoms with Crippen LogP contribution in [0, 0.1) is 0 Å². The van der Waals surface area contributed by atoms with Gasteiger partial charge in [0.1, 0.15) is 0 Å². The molecule has 1 saturated heterocycles. The standard InChI is InChI=1S/C16H25N3/c1-15(12-17-2)13-18-8-10-19(11-9-18)14-16-6-4-3-5-7-16/h3-7,17H,1,8-14H2,2H3. The van der Waals surface area contributed by atoms with Crippen molar-refractivity contribution in [2.45, 2.75) is 6.54 Å². The summed E-state index contributed by atoms with van der Waals surface area (Å²) in [7, 11) is 1.98. The van der Waals surface area contributed by atoms with E-state index in [1.807, 2.05) is 7.05 Å². The van der Waals surface area contributed by atoms with Crippen LogP contribution in [-0.2, 0) is 6.54 Å². The topological polar surface area (TPSA) is 18.5 Å². The molecule has 0 unspecified atom stereocenters. The third kappa shape index (κ3) is 4.78. The lowest BCUT2D eigenvalue weighted by molar-refractivity contribution is 0.134. The molecule has 1 aliphatic rings. The van der Waals surface area contributed by atoms with E-state index in [1.54, 1.807) is 0 Å². The zero-order chi connectivity index (χ0) is 13.5. The van der Waals surface area contributed by atoms with Crippen LogP contribution in [-0.4, -0.2) is 56.1 Å². The summed E-state index contributed by atoms with van der Waals surface area (Å²) in [5.41, 5.74) is 2.69. The first-order valence-corrected chi connectivity index (χ1v) is 7.08. The fourth-order valence-electron chi connectivity index (χ4n) is 2.57. The fourth-order valence-corrected chi connectivity index (χ4v) is 2.57. The van der Waals surface area contributed by atoms with Gasteiger partial charge in [0.15, 0.2) is 0 Å². The van der Waals surface area contributed by atoms with E-state index in [0.717, 1.165) is 45.8 Å². The minimum atomic E-state index is 0.921. The molecule has 0 spiro atoms. The molecule has 1 heterocycles. The molecule has 2 rings (SSSR count). The van der Waals surface area contributed by atoms with Crippen molar-refractivity contribution in [1.29, 1.82) is 0 Å². The number of nitrogens with zero attached hydrogens (tertiary/aromatic N) is 2. The van der Waals surface area contributed by atoms with Crippen molar-refractivity contribution < 1.29 is 0 Å². The summed E-state index contributed by atoms with van der Waals surface area (Å²) in [5.74, 6) is 0. The first-order valence-electron chi connectivity index (χ1n) is 7.08. The summed E-state index contributed by atoms with van der Waals surface area (Å²) < 4.78 is 0. The maximum Gasteiger partial charge on any atom is 0.0234 e. The van der Waals surface area contributed by atoms with E-state index in [-0.39, 0.29) is 0 Å². The van der Waals surface area contributed by atoms with Gasteiger partial charge in [-0.3, -0.25) is 9.80 Å². The van der Waals surface area contributed by atoms with Gasteiger partial charge in [0.2, 0.25) is 0 Å². The molecule has 3 heteroatoms. The smallest absolute Gasteiger partial charge is 0.0234 e. The summed E-state index contributed by atoms with van der Waals surface area (Å²) in [6.07, 6.45) is 0. The third-order valence-corrected chi connectivity index (χ3v) is 3.59. The molecule has 0 saturated carbocycles. The van der Waals surface area contributed by atoms with Crippen LogP contribution in [0.2, 0.25) is 0 Å². The molecule has 3 nitrogen and oxygen atoms in total. The van der Waals surface area contributed by atoms with Crippen LogP contribution in [0.1, 0.15) is 5.56 Å². The van der Waals surface area contributed by atoms with Crippen LogP contribution >= 0.6 is 0 Å².